The lowest BCUT2D eigenvalue weighted by molar-refractivity contribution is 0.361. The van der Waals surface area contributed by atoms with Crippen molar-refractivity contribution in [2.45, 2.75) is 64.8 Å². The van der Waals surface area contributed by atoms with Crippen molar-refractivity contribution in [1.29, 1.82) is 0 Å². The lowest BCUT2D eigenvalue weighted by atomic mass is 9.89. The fourth-order valence-corrected chi connectivity index (χ4v) is 3.12. The minimum absolute atomic E-state index is 0.0611. The van der Waals surface area contributed by atoms with Gasteiger partial charge in [-0.15, -0.1) is 0 Å². The minimum Gasteiger partial charge on any atom is -0.359 e. The summed E-state index contributed by atoms with van der Waals surface area (Å²) >= 11 is 0. The summed E-state index contributed by atoms with van der Waals surface area (Å²) in [6.07, 6.45) is 6.93. The van der Waals surface area contributed by atoms with E-state index >= 15 is 0 Å². The van der Waals surface area contributed by atoms with Crippen molar-refractivity contribution in [1.82, 2.24) is 4.98 Å². The zero-order chi connectivity index (χ0) is 15.5. The average Bonchev–Trinajstić information content (AvgIpc) is 2.46. The molecule has 0 aromatic carbocycles. The predicted molar refractivity (Wildman–Crippen MR) is 90.7 cm³/mol. The maximum atomic E-state index is 5.87. The Morgan fingerprint density at radius 3 is 2.43 bits per heavy atom. The number of nitrogens with zero attached hydrogens (tertiary/aromatic N) is 2. The molecule has 0 bridgehead atoms. The largest absolute Gasteiger partial charge is 0.359 e. The van der Waals surface area contributed by atoms with Gasteiger partial charge in [-0.1, -0.05) is 40.0 Å². The van der Waals surface area contributed by atoms with Crippen LogP contribution in [0.15, 0.2) is 12.1 Å². The molecule has 3 nitrogen and oxygen atoms in total. The van der Waals surface area contributed by atoms with Crippen LogP contribution in [0.5, 0.6) is 0 Å². The SMILES string of the molecule is CN(CC1CCCCC1)c1cc(CN)cc(C(C)(C)C)n1. The second-order valence-corrected chi connectivity index (χ2v) is 7.56. The van der Waals surface area contributed by atoms with Gasteiger partial charge in [-0.05, 0) is 36.5 Å². The predicted octanol–water partition coefficient (Wildman–Crippen LogP) is 3.85. The molecule has 1 aromatic rings. The average molecular weight is 289 g/mol. The Kier molecular flexibility index (Phi) is 5.26. The van der Waals surface area contributed by atoms with Crippen molar-refractivity contribution in [3.05, 3.63) is 23.4 Å². The zero-order valence-corrected chi connectivity index (χ0v) is 14.2. The zero-order valence-electron chi connectivity index (χ0n) is 14.2. The first kappa shape index (κ1) is 16.3. The van der Waals surface area contributed by atoms with Crippen molar-refractivity contribution in [2.24, 2.45) is 11.7 Å². The molecule has 2 N–H and O–H groups in total. The highest BCUT2D eigenvalue weighted by Crippen LogP contribution is 2.27. The molecule has 0 atom stereocenters. The van der Waals surface area contributed by atoms with Crippen LogP contribution < -0.4 is 10.6 Å². The van der Waals surface area contributed by atoms with Crippen molar-refractivity contribution in [3.8, 4) is 0 Å². The number of nitrogens with two attached hydrogens (primary N) is 1. The van der Waals surface area contributed by atoms with E-state index in [0.29, 0.717) is 6.54 Å². The third-order valence-electron chi connectivity index (χ3n) is 4.52. The molecule has 21 heavy (non-hydrogen) atoms. The third kappa shape index (κ3) is 4.44. The standard InChI is InChI=1S/C18H31N3/c1-18(2,3)16-10-15(12-19)11-17(20-16)21(4)13-14-8-6-5-7-9-14/h10-11,14H,5-9,12-13,19H2,1-4H3. The quantitative estimate of drug-likeness (QED) is 0.915. The van der Waals surface area contributed by atoms with E-state index in [0.717, 1.165) is 24.0 Å². The summed E-state index contributed by atoms with van der Waals surface area (Å²) in [6, 6.07) is 4.30. The van der Waals surface area contributed by atoms with E-state index in [1.54, 1.807) is 0 Å². The van der Waals surface area contributed by atoms with Crippen LogP contribution in [0.1, 0.15) is 64.1 Å². The first-order chi connectivity index (χ1) is 9.90. The maximum Gasteiger partial charge on any atom is 0.128 e. The van der Waals surface area contributed by atoms with Crippen LogP contribution >= 0.6 is 0 Å². The summed E-state index contributed by atoms with van der Waals surface area (Å²) in [4.78, 5) is 7.21. The molecular formula is C18H31N3. The van der Waals surface area contributed by atoms with Gasteiger partial charge >= 0.3 is 0 Å². The molecule has 2 rings (SSSR count). The third-order valence-corrected chi connectivity index (χ3v) is 4.52. The molecule has 1 aliphatic carbocycles. The minimum atomic E-state index is 0.0611. The highest BCUT2D eigenvalue weighted by Gasteiger charge is 2.20. The molecule has 118 valence electrons. The number of anilines is 1. The summed E-state index contributed by atoms with van der Waals surface area (Å²) in [5.41, 5.74) is 8.25. The Bertz CT molecular complexity index is 456. The van der Waals surface area contributed by atoms with Gasteiger partial charge in [0, 0.05) is 31.2 Å². The van der Waals surface area contributed by atoms with Crippen molar-refractivity contribution >= 4 is 5.82 Å². The first-order valence-corrected chi connectivity index (χ1v) is 8.33. The Balaban J connectivity index is 2.17. The number of pyridine rings is 1. The van der Waals surface area contributed by atoms with E-state index in [1.165, 1.54) is 37.7 Å². The molecule has 0 radical (unpaired) electrons. The van der Waals surface area contributed by atoms with Gasteiger partial charge in [0.2, 0.25) is 0 Å². The lowest BCUT2D eigenvalue weighted by Gasteiger charge is -2.29. The molecule has 1 aromatic heterocycles. The van der Waals surface area contributed by atoms with Crippen LogP contribution in [-0.2, 0) is 12.0 Å². The Labute approximate surface area is 129 Å². The Morgan fingerprint density at radius 1 is 1.19 bits per heavy atom. The van der Waals surface area contributed by atoms with Crippen LogP contribution in [0, 0.1) is 5.92 Å². The Morgan fingerprint density at radius 2 is 1.86 bits per heavy atom. The summed E-state index contributed by atoms with van der Waals surface area (Å²) in [5.74, 6) is 1.90. The number of hydrogen-bond acceptors (Lipinski definition) is 3. The summed E-state index contributed by atoms with van der Waals surface area (Å²) < 4.78 is 0. The van der Waals surface area contributed by atoms with Crippen LogP contribution in [-0.4, -0.2) is 18.6 Å². The fourth-order valence-electron chi connectivity index (χ4n) is 3.12. The molecule has 1 aliphatic rings. The van der Waals surface area contributed by atoms with Gasteiger partial charge in [-0.3, -0.25) is 0 Å². The maximum absolute atomic E-state index is 5.87. The van der Waals surface area contributed by atoms with Crippen LogP contribution in [0.4, 0.5) is 5.82 Å². The lowest BCUT2D eigenvalue weighted by Crippen LogP contribution is -2.28. The van der Waals surface area contributed by atoms with Crippen molar-refractivity contribution < 1.29 is 0 Å². The van der Waals surface area contributed by atoms with E-state index in [-0.39, 0.29) is 5.41 Å². The van der Waals surface area contributed by atoms with E-state index in [2.05, 4.69) is 44.9 Å². The molecule has 0 saturated heterocycles. The van der Waals surface area contributed by atoms with Crippen LogP contribution in [0.25, 0.3) is 0 Å². The van der Waals surface area contributed by atoms with E-state index in [9.17, 15) is 0 Å². The molecule has 1 heterocycles. The molecule has 1 fully saturated rings. The highest BCUT2D eigenvalue weighted by atomic mass is 15.2. The van der Waals surface area contributed by atoms with Gasteiger partial charge in [-0.25, -0.2) is 4.98 Å². The summed E-state index contributed by atoms with van der Waals surface area (Å²) in [5, 5.41) is 0. The normalized spacial score (nSPS) is 17.0. The van der Waals surface area contributed by atoms with Gasteiger partial charge in [0.25, 0.3) is 0 Å². The number of hydrogen-bond donors (Lipinski definition) is 1. The Hall–Kier alpha value is -1.09. The molecular weight excluding hydrogens is 258 g/mol. The number of aromatic nitrogens is 1. The van der Waals surface area contributed by atoms with Gasteiger partial charge < -0.3 is 10.6 Å². The monoisotopic (exact) mass is 289 g/mol. The van der Waals surface area contributed by atoms with Crippen LogP contribution in [0.2, 0.25) is 0 Å². The van der Waals surface area contributed by atoms with Crippen LogP contribution in [0.3, 0.4) is 0 Å². The van der Waals surface area contributed by atoms with E-state index < -0.39 is 0 Å². The molecule has 0 amide bonds. The van der Waals surface area contributed by atoms with Gasteiger partial charge in [0.1, 0.15) is 5.82 Å². The second kappa shape index (κ2) is 6.78. The van der Waals surface area contributed by atoms with Crippen molar-refractivity contribution in [2.75, 3.05) is 18.5 Å². The molecule has 0 unspecified atom stereocenters. The van der Waals surface area contributed by atoms with E-state index in [1.807, 2.05) is 0 Å². The van der Waals surface area contributed by atoms with Gasteiger partial charge in [0.15, 0.2) is 0 Å². The molecule has 1 saturated carbocycles. The van der Waals surface area contributed by atoms with Crippen molar-refractivity contribution in [3.63, 3.8) is 0 Å². The topological polar surface area (TPSA) is 42.1 Å². The fraction of sp³-hybridized carbons (Fsp3) is 0.722. The molecule has 0 spiro atoms. The highest BCUT2D eigenvalue weighted by molar-refractivity contribution is 5.43. The van der Waals surface area contributed by atoms with E-state index in [4.69, 9.17) is 10.7 Å². The molecule has 3 heteroatoms. The molecule has 0 aliphatic heterocycles. The first-order valence-electron chi connectivity index (χ1n) is 8.33. The second-order valence-electron chi connectivity index (χ2n) is 7.56. The summed E-state index contributed by atoms with van der Waals surface area (Å²) in [6.45, 7) is 8.32. The smallest absolute Gasteiger partial charge is 0.128 e. The summed E-state index contributed by atoms with van der Waals surface area (Å²) in [7, 11) is 2.17. The van der Waals surface area contributed by atoms with Gasteiger partial charge in [0.05, 0.1) is 0 Å². The van der Waals surface area contributed by atoms with Gasteiger partial charge in [-0.2, -0.15) is 0 Å². The number of rotatable bonds is 4.